The van der Waals surface area contributed by atoms with Crippen LogP contribution in [0.25, 0.3) is 0 Å². The Morgan fingerprint density at radius 2 is 1.75 bits per heavy atom. The molecule has 20 heavy (non-hydrogen) atoms. The van der Waals surface area contributed by atoms with Gasteiger partial charge in [0, 0.05) is 25.6 Å². The SMILES string of the molecule is CN(CC1CCCN1C)C(=O)C1CCC(C(=O)O)CC1. The van der Waals surface area contributed by atoms with Gasteiger partial charge in [-0.05, 0) is 52.1 Å². The molecule has 0 spiro atoms. The van der Waals surface area contributed by atoms with E-state index in [1.54, 1.807) is 0 Å². The lowest BCUT2D eigenvalue weighted by molar-refractivity contribution is -0.145. The molecule has 1 atom stereocenters. The molecule has 114 valence electrons. The summed E-state index contributed by atoms with van der Waals surface area (Å²) < 4.78 is 0. The van der Waals surface area contributed by atoms with Crippen LogP contribution in [0, 0.1) is 11.8 Å². The summed E-state index contributed by atoms with van der Waals surface area (Å²) in [6, 6.07) is 0.485. The highest BCUT2D eigenvalue weighted by Crippen LogP contribution is 2.30. The quantitative estimate of drug-likeness (QED) is 0.847. The fourth-order valence-electron chi connectivity index (χ4n) is 3.52. The molecule has 1 saturated carbocycles. The molecule has 5 nitrogen and oxygen atoms in total. The first-order valence-corrected chi connectivity index (χ1v) is 7.67. The number of rotatable bonds is 4. The van der Waals surface area contributed by atoms with E-state index in [2.05, 4.69) is 11.9 Å². The van der Waals surface area contributed by atoms with E-state index in [1.165, 1.54) is 12.8 Å². The smallest absolute Gasteiger partial charge is 0.306 e. The number of likely N-dealkylation sites (tertiary alicyclic amines) is 1. The van der Waals surface area contributed by atoms with Gasteiger partial charge in [-0.3, -0.25) is 9.59 Å². The summed E-state index contributed by atoms with van der Waals surface area (Å²) in [7, 11) is 4.01. The lowest BCUT2D eigenvalue weighted by Crippen LogP contribution is -2.42. The Labute approximate surface area is 120 Å². The second-order valence-electron chi connectivity index (χ2n) is 6.38. The fourth-order valence-corrected chi connectivity index (χ4v) is 3.52. The molecule has 0 aromatic heterocycles. The summed E-state index contributed by atoms with van der Waals surface area (Å²) in [6.45, 7) is 1.92. The lowest BCUT2D eigenvalue weighted by atomic mass is 9.81. The van der Waals surface area contributed by atoms with Gasteiger partial charge < -0.3 is 14.9 Å². The maximum atomic E-state index is 12.4. The molecule has 1 heterocycles. The molecular formula is C15H26N2O3. The van der Waals surface area contributed by atoms with Gasteiger partial charge in [0.2, 0.25) is 5.91 Å². The Morgan fingerprint density at radius 3 is 2.25 bits per heavy atom. The Hall–Kier alpha value is -1.10. The predicted octanol–water partition coefficient (Wildman–Crippen LogP) is 1.43. The van der Waals surface area contributed by atoms with Crippen molar-refractivity contribution in [1.29, 1.82) is 0 Å². The lowest BCUT2D eigenvalue weighted by Gasteiger charge is -2.31. The highest BCUT2D eigenvalue weighted by atomic mass is 16.4. The molecule has 0 aromatic rings. The average Bonchev–Trinajstić information content (AvgIpc) is 2.83. The van der Waals surface area contributed by atoms with E-state index in [-0.39, 0.29) is 17.7 Å². The van der Waals surface area contributed by atoms with E-state index in [0.29, 0.717) is 18.9 Å². The summed E-state index contributed by atoms with van der Waals surface area (Å²) in [4.78, 5) is 27.5. The number of aliphatic carboxylic acids is 1. The van der Waals surface area contributed by atoms with E-state index >= 15 is 0 Å². The molecule has 2 fully saturated rings. The Bertz CT molecular complexity index is 364. The number of nitrogens with zero attached hydrogens (tertiary/aromatic N) is 2. The van der Waals surface area contributed by atoms with Crippen molar-refractivity contribution in [2.75, 3.05) is 27.2 Å². The normalized spacial score (nSPS) is 31.2. The zero-order valence-corrected chi connectivity index (χ0v) is 12.5. The maximum Gasteiger partial charge on any atom is 0.306 e. The zero-order chi connectivity index (χ0) is 14.7. The van der Waals surface area contributed by atoms with Crippen LogP contribution in [0.1, 0.15) is 38.5 Å². The van der Waals surface area contributed by atoms with E-state index < -0.39 is 5.97 Å². The highest BCUT2D eigenvalue weighted by Gasteiger charge is 2.32. The maximum absolute atomic E-state index is 12.4. The average molecular weight is 282 g/mol. The molecule has 1 unspecified atom stereocenters. The van der Waals surface area contributed by atoms with Gasteiger partial charge in [-0.15, -0.1) is 0 Å². The minimum Gasteiger partial charge on any atom is -0.481 e. The third-order valence-corrected chi connectivity index (χ3v) is 4.96. The molecule has 1 saturated heterocycles. The molecular weight excluding hydrogens is 256 g/mol. The minimum atomic E-state index is -0.711. The third-order valence-electron chi connectivity index (χ3n) is 4.96. The first-order chi connectivity index (χ1) is 9.49. The van der Waals surface area contributed by atoms with Crippen molar-refractivity contribution in [2.24, 2.45) is 11.8 Å². The van der Waals surface area contributed by atoms with Crippen LogP contribution < -0.4 is 0 Å². The van der Waals surface area contributed by atoms with Crippen LogP contribution in [0.15, 0.2) is 0 Å². The van der Waals surface area contributed by atoms with Crippen LogP contribution in [0.4, 0.5) is 0 Å². The number of carboxylic acid groups (broad SMARTS) is 1. The molecule has 0 bridgehead atoms. The van der Waals surface area contributed by atoms with Gasteiger partial charge in [-0.1, -0.05) is 0 Å². The fraction of sp³-hybridized carbons (Fsp3) is 0.867. The summed E-state index contributed by atoms with van der Waals surface area (Å²) >= 11 is 0. The summed E-state index contributed by atoms with van der Waals surface area (Å²) in [5.74, 6) is -0.724. The van der Waals surface area contributed by atoms with Crippen LogP contribution >= 0.6 is 0 Å². The molecule has 0 radical (unpaired) electrons. The van der Waals surface area contributed by atoms with E-state index in [9.17, 15) is 9.59 Å². The van der Waals surface area contributed by atoms with Crippen LogP contribution in [0.3, 0.4) is 0 Å². The Kier molecular flexibility index (Phi) is 5.02. The molecule has 1 aliphatic carbocycles. The minimum absolute atomic E-state index is 0.0299. The molecule has 0 aromatic carbocycles. The van der Waals surface area contributed by atoms with Gasteiger partial charge in [-0.2, -0.15) is 0 Å². The Balaban J connectivity index is 1.80. The molecule has 2 aliphatic rings. The highest BCUT2D eigenvalue weighted by molar-refractivity contribution is 5.79. The van der Waals surface area contributed by atoms with Gasteiger partial charge in [0.05, 0.1) is 5.92 Å². The number of carboxylic acids is 1. The number of likely N-dealkylation sites (N-methyl/N-ethyl adjacent to an activating group) is 2. The second kappa shape index (κ2) is 6.57. The monoisotopic (exact) mass is 282 g/mol. The number of hydrogen-bond donors (Lipinski definition) is 1. The van der Waals surface area contributed by atoms with Crippen molar-refractivity contribution in [2.45, 2.75) is 44.6 Å². The summed E-state index contributed by atoms with van der Waals surface area (Å²) in [5.41, 5.74) is 0. The predicted molar refractivity (Wildman–Crippen MR) is 76.4 cm³/mol. The number of carbonyl (C=O) groups is 2. The number of hydrogen-bond acceptors (Lipinski definition) is 3. The zero-order valence-electron chi connectivity index (χ0n) is 12.5. The van der Waals surface area contributed by atoms with Crippen LogP contribution in [0.5, 0.6) is 0 Å². The van der Waals surface area contributed by atoms with E-state index in [1.807, 2.05) is 11.9 Å². The number of amides is 1. The van der Waals surface area contributed by atoms with Crippen LogP contribution in [-0.4, -0.2) is 60.0 Å². The standard InChI is InChI=1S/C15H26N2O3/c1-16-9-3-4-13(16)10-17(2)14(18)11-5-7-12(8-6-11)15(19)20/h11-13H,3-10H2,1-2H3,(H,19,20). The van der Waals surface area contributed by atoms with E-state index in [4.69, 9.17) is 5.11 Å². The van der Waals surface area contributed by atoms with Crippen LogP contribution in [0.2, 0.25) is 0 Å². The van der Waals surface area contributed by atoms with Crippen LogP contribution in [-0.2, 0) is 9.59 Å². The largest absolute Gasteiger partial charge is 0.481 e. The molecule has 2 rings (SSSR count). The molecule has 1 amide bonds. The third kappa shape index (κ3) is 3.51. The molecule has 1 aliphatic heterocycles. The Morgan fingerprint density at radius 1 is 1.15 bits per heavy atom. The van der Waals surface area contributed by atoms with Crippen molar-refractivity contribution in [3.63, 3.8) is 0 Å². The molecule has 5 heteroatoms. The summed E-state index contributed by atoms with van der Waals surface area (Å²) in [5, 5.41) is 8.99. The van der Waals surface area contributed by atoms with Crippen molar-refractivity contribution in [3.8, 4) is 0 Å². The van der Waals surface area contributed by atoms with Gasteiger partial charge in [0.1, 0.15) is 0 Å². The topological polar surface area (TPSA) is 60.9 Å². The first kappa shape index (κ1) is 15.3. The van der Waals surface area contributed by atoms with Gasteiger partial charge in [0.15, 0.2) is 0 Å². The molecule has 1 N–H and O–H groups in total. The first-order valence-electron chi connectivity index (χ1n) is 7.67. The van der Waals surface area contributed by atoms with Gasteiger partial charge in [0.25, 0.3) is 0 Å². The van der Waals surface area contributed by atoms with Gasteiger partial charge in [-0.25, -0.2) is 0 Å². The van der Waals surface area contributed by atoms with Crippen molar-refractivity contribution < 1.29 is 14.7 Å². The van der Waals surface area contributed by atoms with Crippen molar-refractivity contribution in [3.05, 3.63) is 0 Å². The van der Waals surface area contributed by atoms with E-state index in [0.717, 1.165) is 25.9 Å². The number of carbonyl (C=O) groups excluding carboxylic acids is 1. The summed E-state index contributed by atoms with van der Waals surface area (Å²) in [6.07, 6.45) is 5.11. The van der Waals surface area contributed by atoms with Gasteiger partial charge >= 0.3 is 5.97 Å². The van der Waals surface area contributed by atoms with Crippen molar-refractivity contribution in [1.82, 2.24) is 9.80 Å². The van der Waals surface area contributed by atoms with Crippen molar-refractivity contribution >= 4 is 11.9 Å². The second-order valence-corrected chi connectivity index (χ2v) is 6.38.